The zero-order chi connectivity index (χ0) is 19.2. The minimum atomic E-state index is -0.940. The summed E-state index contributed by atoms with van der Waals surface area (Å²) >= 11 is 0. The van der Waals surface area contributed by atoms with Gasteiger partial charge in [0.05, 0.1) is 5.92 Å². The predicted molar refractivity (Wildman–Crippen MR) is 90.2 cm³/mol. The van der Waals surface area contributed by atoms with Crippen LogP contribution in [-0.4, -0.2) is 39.7 Å². The molecule has 1 atom stereocenters. The fraction of sp³-hybridized carbons (Fsp3) is 0.500. The molecule has 1 amide bonds. The van der Waals surface area contributed by atoms with Gasteiger partial charge >= 0.3 is 12.1 Å². The average Bonchev–Trinajstić information content (AvgIpc) is 3.09. The van der Waals surface area contributed by atoms with Crippen LogP contribution in [0.15, 0.2) is 10.5 Å². The second-order valence-electron chi connectivity index (χ2n) is 7.56. The third kappa shape index (κ3) is 3.49. The van der Waals surface area contributed by atoms with Crippen LogP contribution in [0.4, 0.5) is 9.18 Å². The van der Waals surface area contributed by atoms with E-state index in [-0.39, 0.29) is 30.9 Å². The van der Waals surface area contributed by atoms with Crippen molar-refractivity contribution in [3.8, 4) is 0 Å². The first-order valence-corrected chi connectivity index (χ1v) is 8.31. The molecule has 26 heavy (non-hydrogen) atoms. The molecule has 140 valence electrons. The summed E-state index contributed by atoms with van der Waals surface area (Å²) in [6, 6.07) is 1.66. The minimum absolute atomic E-state index is 0.0117. The van der Waals surface area contributed by atoms with Crippen LogP contribution in [0, 0.1) is 11.7 Å². The van der Waals surface area contributed by atoms with Crippen LogP contribution < -0.4 is 0 Å². The Bertz CT molecular complexity index is 884. The van der Waals surface area contributed by atoms with Crippen LogP contribution >= 0.6 is 0 Å². The maximum absolute atomic E-state index is 14.7. The number of halogens is 1. The number of carboxylic acid groups (broad SMARTS) is 1. The first kappa shape index (κ1) is 18.2. The Morgan fingerprint density at radius 2 is 2.12 bits per heavy atom. The number of carbonyl (C=O) groups excluding carboxylic acids is 1. The van der Waals surface area contributed by atoms with Gasteiger partial charge in [0.15, 0.2) is 11.4 Å². The molecule has 8 heteroatoms. The van der Waals surface area contributed by atoms with Crippen molar-refractivity contribution in [2.75, 3.05) is 7.05 Å². The van der Waals surface area contributed by atoms with Crippen LogP contribution in [0.2, 0.25) is 0 Å². The first-order chi connectivity index (χ1) is 12.0. The largest absolute Gasteiger partial charge is 0.481 e. The first-order valence-electron chi connectivity index (χ1n) is 8.31. The summed E-state index contributed by atoms with van der Waals surface area (Å²) in [4.78, 5) is 28.7. The molecule has 0 fully saturated rings. The number of fused-ring (bicyclic) bond motifs is 2. The fourth-order valence-electron chi connectivity index (χ4n) is 3.00. The van der Waals surface area contributed by atoms with E-state index >= 15 is 0 Å². The van der Waals surface area contributed by atoms with Crippen LogP contribution in [-0.2, 0) is 28.9 Å². The molecule has 0 saturated carbocycles. The summed E-state index contributed by atoms with van der Waals surface area (Å²) in [6.45, 7) is 5.32. The van der Waals surface area contributed by atoms with Gasteiger partial charge in [-0.25, -0.2) is 14.2 Å². The number of hydrogen-bond acceptors (Lipinski definition) is 5. The molecule has 0 radical (unpaired) electrons. The number of ether oxygens (including phenoxy) is 1. The number of carboxylic acids is 1. The molecule has 0 spiro atoms. The van der Waals surface area contributed by atoms with Gasteiger partial charge < -0.3 is 19.2 Å². The number of carbonyl (C=O) groups is 2. The van der Waals surface area contributed by atoms with Crippen LogP contribution in [0.1, 0.15) is 37.8 Å². The lowest BCUT2D eigenvalue weighted by Gasteiger charge is -2.23. The summed E-state index contributed by atoms with van der Waals surface area (Å²) in [5.41, 5.74) is 0.693. The van der Waals surface area contributed by atoms with Crippen molar-refractivity contribution in [3.05, 3.63) is 28.9 Å². The van der Waals surface area contributed by atoms with E-state index in [9.17, 15) is 14.0 Å². The monoisotopic (exact) mass is 364 g/mol. The van der Waals surface area contributed by atoms with E-state index in [4.69, 9.17) is 14.3 Å². The van der Waals surface area contributed by atoms with Gasteiger partial charge in [0.25, 0.3) is 0 Å². The fourth-order valence-corrected chi connectivity index (χ4v) is 3.00. The van der Waals surface area contributed by atoms with Gasteiger partial charge in [-0.15, -0.1) is 0 Å². The van der Waals surface area contributed by atoms with Crippen molar-refractivity contribution in [1.29, 1.82) is 0 Å². The standard InChI is InChI=1S/C18H21FN2O5/c1-18(2,3)26-17(24)21(4)8-13-20-12-7-9-5-10(16(22)23)6-11(9)14(19)15(12)25-13/h7,10H,5-6,8H2,1-4H3,(H,22,23). The Hall–Kier alpha value is -2.64. The number of benzene rings is 1. The quantitative estimate of drug-likeness (QED) is 0.899. The molecule has 1 aromatic carbocycles. The van der Waals surface area contributed by atoms with Crippen molar-refractivity contribution in [2.24, 2.45) is 5.92 Å². The number of hydrogen-bond donors (Lipinski definition) is 1. The highest BCUT2D eigenvalue weighted by atomic mass is 19.1. The second-order valence-corrected chi connectivity index (χ2v) is 7.56. The summed E-state index contributed by atoms with van der Waals surface area (Å²) in [7, 11) is 1.54. The van der Waals surface area contributed by atoms with Crippen LogP contribution in [0.5, 0.6) is 0 Å². The van der Waals surface area contributed by atoms with Crippen molar-refractivity contribution in [3.63, 3.8) is 0 Å². The third-order valence-corrected chi connectivity index (χ3v) is 4.20. The highest BCUT2D eigenvalue weighted by Crippen LogP contribution is 2.34. The van der Waals surface area contributed by atoms with Gasteiger partial charge in [-0.1, -0.05) is 0 Å². The molecule has 0 bridgehead atoms. The zero-order valence-corrected chi connectivity index (χ0v) is 15.1. The molecule has 1 aromatic heterocycles. The van der Waals surface area contributed by atoms with E-state index in [1.54, 1.807) is 26.8 Å². The Kier molecular flexibility index (Phi) is 4.37. The van der Waals surface area contributed by atoms with Gasteiger partial charge in [-0.3, -0.25) is 4.79 Å². The van der Waals surface area contributed by atoms with E-state index in [2.05, 4.69) is 4.98 Å². The molecule has 0 saturated heterocycles. The number of amides is 1. The van der Waals surface area contributed by atoms with Gasteiger partial charge in [0, 0.05) is 7.05 Å². The molecule has 1 aliphatic carbocycles. The van der Waals surface area contributed by atoms with E-state index in [1.165, 1.54) is 11.9 Å². The summed E-state index contributed by atoms with van der Waals surface area (Å²) in [6.07, 6.45) is -0.121. The van der Waals surface area contributed by atoms with Gasteiger partial charge in [0.1, 0.15) is 17.7 Å². The molecule has 2 aromatic rings. The van der Waals surface area contributed by atoms with Crippen LogP contribution in [0.25, 0.3) is 11.1 Å². The Labute approximate surface area is 149 Å². The molecule has 1 unspecified atom stereocenters. The van der Waals surface area contributed by atoms with Crippen LogP contribution in [0.3, 0.4) is 0 Å². The zero-order valence-electron chi connectivity index (χ0n) is 15.1. The molecule has 1 heterocycles. The van der Waals surface area contributed by atoms with Crippen molar-refractivity contribution < 1.29 is 28.2 Å². The second kappa shape index (κ2) is 6.26. The lowest BCUT2D eigenvalue weighted by Crippen LogP contribution is -2.33. The normalized spacial score (nSPS) is 16.6. The summed E-state index contributed by atoms with van der Waals surface area (Å²) in [5.74, 6) is -1.95. The summed E-state index contributed by atoms with van der Waals surface area (Å²) in [5, 5.41) is 9.13. The SMILES string of the molecule is CN(Cc1nc2cc3c(c(F)c2o1)CC(C(=O)O)C3)C(=O)OC(C)(C)C. The molecule has 0 aliphatic heterocycles. The molecule has 1 aliphatic rings. The van der Waals surface area contributed by atoms with E-state index in [0.29, 0.717) is 16.6 Å². The summed E-state index contributed by atoms with van der Waals surface area (Å²) < 4.78 is 25.5. The maximum atomic E-state index is 14.7. The number of aliphatic carboxylic acids is 1. The van der Waals surface area contributed by atoms with Gasteiger partial charge in [0.2, 0.25) is 5.89 Å². The Balaban J connectivity index is 1.82. The topological polar surface area (TPSA) is 92.9 Å². The number of aromatic nitrogens is 1. The average molecular weight is 364 g/mol. The van der Waals surface area contributed by atoms with E-state index < -0.39 is 29.4 Å². The molecule has 7 nitrogen and oxygen atoms in total. The Morgan fingerprint density at radius 3 is 2.73 bits per heavy atom. The molecule has 3 rings (SSSR count). The minimum Gasteiger partial charge on any atom is -0.481 e. The highest BCUT2D eigenvalue weighted by molar-refractivity contribution is 5.79. The Morgan fingerprint density at radius 1 is 1.42 bits per heavy atom. The number of rotatable bonds is 3. The van der Waals surface area contributed by atoms with Crippen molar-refractivity contribution in [1.82, 2.24) is 9.88 Å². The van der Waals surface area contributed by atoms with Crippen molar-refractivity contribution in [2.45, 2.75) is 45.8 Å². The molecular formula is C18H21FN2O5. The van der Waals surface area contributed by atoms with Gasteiger partial charge in [-0.2, -0.15) is 0 Å². The predicted octanol–water partition coefficient (Wildman–Crippen LogP) is 3.13. The van der Waals surface area contributed by atoms with Gasteiger partial charge in [-0.05, 0) is 50.8 Å². The smallest absolute Gasteiger partial charge is 0.410 e. The third-order valence-electron chi connectivity index (χ3n) is 4.20. The van der Waals surface area contributed by atoms with E-state index in [1.807, 2.05) is 0 Å². The number of nitrogens with zero attached hydrogens (tertiary/aromatic N) is 2. The molecular weight excluding hydrogens is 343 g/mol. The van der Waals surface area contributed by atoms with E-state index in [0.717, 1.165) is 0 Å². The highest BCUT2D eigenvalue weighted by Gasteiger charge is 2.32. The maximum Gasteiger partial charge on any atom is 0.410 e. The van der Waals surface area contributed by atoms with Crippen molar-refractivity contribution >= 4 is 23.2 Å². The lowest BCUT2D eigenvalue weighted by atomic mass is 10.1. The number of oxazole rings is 1. The lowest BCUT2D eigenvalue weighted by molar-refractivity contribution is -0.141. The molecule has 1 N–H and O–H groups in total.